The number of hydrazone groups is 1. The fourth-order valence-electron chi connectivity index (χ4n) is 4.82. The number of benzene rings is 2. The molecule has 2 aromatic carbocycles. The number of fused-ring (bicyclic) bond motifs is 4. The summed E-state index contributed by atoms with van der Waals surface area (Å²) >= 11 is 16.1. The zero-order valence-electron chi connectivity index (χ0n) is 17.0. The normalized spacial score (nSPS) is 22.7. The first-order chi connectivity index (χ1) is 14.4. The molecule has 0 saturated carbocycles. The smallest absolute Gasteiger partial charge is 0.200 e. The van der Waals surface area contributed by atoms with Gasteiger partial charge in [0.05, 0.1) is 21.8 Å². The van der Waals surface area contributed by atoms with Gasteiger partial charge in [0, 0.05) is 48.4 Å². The highest BCUT2D eigenvalue weighted by Crippen LogP contribution is 2.50. The maximum Gasteiger partial charge on any atom is 0.200 e. The lowest BCUT2D eigenvalue weighted by atomic mass is 9.90. The molecule has 3 heterocycles. The van der Waals surface area contributed by atoms with Gasteiger partial charge < -0.3 is 9.64 Å². The molecule has 0 N–H and O–H groups in total. The van der Waals surface area contributed by atoms with Crippen molar-refractivity contribution in [3.63, 3.8) is 0 Å². The summed E-state index contributed by atoms with van der Waals surface area (Å²) in [5, 5.41) is 8.47. The molecule has 3 aliphatic heterocycles. The van der Waals surface area contributed by atoms with Crippen molar-refractivity contribution in [2.75, 3.05) is 13.1 Å². The highest BCUT2D eigenvalue weighted by molar-refractivity contribution is 9.10. The lowest BCUT2D eigenvalue weighted by Gasteiger charge is -2.51. The van der Waals surface area contributed by atoms with Crippen LogP contribution < -0.4 is 4.74 Å². The quantitative estimate of drug-likeness (QED) is 0.463. The molecule has 1 saturated heterocycles. The van der Waals surface area contributed by atoms with Gasteiger partial charge in [0.2, 0.25) is 5.72 Å². The van der Waals surface area contributed by atoms with Gasteiger partial charge in [0.1, 0.15) is 5.75 Å². The van der Waals surface area contributed by atoms with Gasteiger partial charge in [-0.3, -0.25) is 0 Å². The molecule has 0 aromatic heterocycles. The lowest BCUT2D eigenvalue weighted by molar-refractivity contribution is -0.152. The average molecular weight is 509 g/mol. The van der Waals surface area contributed by atoms with Crippen molar-refractivity contribution in [1.82, 2.24) is 9.91 Å². The first-order valence-corrected chi connectivity index (χ1v) is 12.0. The molecule has 1 atom stereocenters. The van der Waals surface area contributed by atoms with E-state index in [4.69, 9.17) is 33.0 Å². The van der Waals surface area contributed by atoms with Crippen molar-refractivity contribution in [3.05, 3.63) is 62.0 Å². The third-order valence-corrected chi connectivity index (χ3v) is 7.75. The minimum atomic E-state index is -0.408. The predicted octanol–water partition coefficient (Wildman–Crippen LogP) is 6.50. The Morgan fingerprint density at radius 2 is 1.87 bits per heavy atom. The molecule has 0 radical (unpaired) electrons. The van der Waals surface area contributed by atoms with E-state index in [-0.39, 0.29) is 6.04 Å². The summed E-state index contributed by atoms with van der Waals surface area (Å²) in [6.45, 7) is 6.52. The Hall–Kier alpha value is -1.27. The van der Waals surface area contributed by atoms with Crippen LogP contribution in [-0.4, -0.2) is 40.5 Å². The fraction of sp³-hybridized carbons (Fsp3) is 0.435. The van der Waals surface area contributed by atoms with Crippen LogP contribution in [0.5, 0.6) is 5.75 Å². The number of likely N-dealkylation sites (tertiary alicyclic amines) is 1. The SMILES string of the molecule is CC(C)N1CCC2(CC1)Oc1ccc(Br)cc1[C@@H]1CC(c3ccc(Cl)c(Cl)c3)=NN12. The predicted molar refractivity (Wildman–Crippen MR) is 126 cm³/mol. The molecule has 3 aliphatic rings. The van der Waals surface area contributed by atoms with Crippen LogP contribution in [0.15, 0.2) is 46.0 Å². The number of rotatable bonds is 2. The minimum Gasteiger partial charge on any atom is -0.466 e. The Kier molecular flexibility index (Phi) is 5.29. The van der Waals surface area contributed by atoms with Crippen LogP contribution in [0.1, 0.15) is 50.3 Å². The second-order valence-corrected chi connectivity index (χ2v) is 10.3. The summed E-state index contributed by atoms with van der Waals surface area (Å²) in [7, 11) is 0. The monoisotopic (exact) mass is 507 g/mol. The van der Waals surface area contributed by atoms with Gasteiger partial charge in [-0.05, 0) is 49.7 Å². The largest absolute Gasteiger partial charge is 0.466 e. The van der Waals surface area contributed by atoms with Gasteiger partial charge in [-0.25, -0.2) is 5.01 Å². The van der Waals surface area contributed by atoms with Crippen molar-refractivity contribution < 1.29 is 4.74 Å². The summed E-state index contributed by atoms with van der Waals surface area (Å²) in [6, 6.07) is 12.8. The number of nitrogens with zero attached hydrogens (tertiary/aromatic N) is 3. The van der Waals surface area contributed by atoms with Gasteiger partial charge in [0.25, 0.3) is 0 Å². The first kappa shape index (κ1) is 20.6. The second kappa shape index (κ2) is 7.70. The zero-order chi connectivity index (χ0) is 21.0. The molecule has 2 aromatic rings. The molecule has 7 heteroatoms. The molecule has 0 amide bonds. The topological polar surface area (TPSA) is 28.1 Å². The molecule has 0 unspecified atom stereocenters. The maximum atomic E-state index is 6.71. The van der Waals surface area contributed by atoms with E-state index in [0.29, 0.717) is 16.1 Å². The number of piperidine rings is 1. The van der Waals surface area contributed by atoms with Crippen LogP contribution in [0.3, 0.4) is 0 Å². The Labute approximate surface area is 195 Å². The minimum absolute atomic E-state index is 0.154. The fourth-order valence-corrected chi connectivity index (χ4v) is 5.50. The molecule has 4 nitrogen and oxygen atoms in total. The van der Waals surface area contributed by atoms with Gasteiger partial charge >= 0.3 is 0 Å². The van der Waals surface area contributed by atoms with Crippen molar-refractivity contribution >= 4 is 44.8 Å². The van der Waals surface area contributed by atoms with Crippen LogP contribution in [0, 0.1) is 0 Å². The number of hydrogen-bond acceptors (Lipinski definition) is 4. The van der Waals surface area contributed by atoms with E-state index in [1.165, 1.54) is 5.56 Å². The zero-order valence-corrected chi connectivity index (χ0v) is 20.1. The Balaban J connectivity index is 1.55. The third-order valence-electron chi connectivity index (χ3n) is 6.52. The van der Waals surface area contributed by atoms with E-state index in [0.717, 1.165) is 53.8 Å². The maximum absolute atomic E-state index is 6.71. The van der Waals surface area contributed by atoms with E-state index in [1.807, 2.05) is 18.2 Å². The van der Waals surface area contributed by atoms with E-state index in [2.05, 4.69) is 57.9 Å². The van der Waals surface area contributed by atoms with Crippen LogP contribution in [0.4, 0.5) is 0 Å². The number of hydrogen-bond donors (Lipinski definition) is 0. The highest BCUT2D eigenvalue weighted by atomic mass is 79.9. The third kappa shape index (κ3) is 3.44. The van der Waals surface area contributed by atoms with Crippen molar-refractivity contribution in [1.29, 1.82) is 0 Å². The summed E-state index contributed by atoms with van der Waals surface area (Å²) in [5.74, 6) is 0.975. The molecular formula is C23H24BrCl2N3O. The van der Waals surface area contributed by atoms with E-state index in [1.54, 1.807) is 0 Å². The van der Waals surface area contributed by atoms with Gasteiger partial charge in [-0.2, -0.15) is 5.10 Å². The Morgan fingerprint density at radius 1 is 1.10 bits per heavy atom. The summed E-state index contributed by atoms with van der Waals surface area (Å²) in [6.07, 6.45) is 2.67. The highest BCUT2D eigenvalue weighted by Gasteiger charge is 2.52. The van der Waals surface area contributed by atoms with Crippen molar-refractivity contribution in [2.45, 2.75) is 50.9 Å². The van der Waals surface area contributed by atoms with E-state index < -0.39 is 5.72 Å². The van der Waals surface area contributed by atoms with E-state index in [9.17, 15) is 0 Å². The molecule has 0 aliphatic carbocycles. The van der Waals surface area contributed by atoms with Crippen molar-refractivity contribution in [3.8, 4) is 5.75 Å². The molecule has 158 valence electrons. The molecule has 5 rings (SSSR count). The number of halogens is 3. The van der Waals surface area contributed by atoms with Crippen LogP contribution in [0.25, 0.3) is 0 Å². The lowest BCUT2D eigenvalue weighted by Crippen LogP contribution is -2.59. The Morgan fingerprint density at radius 3 is 2.57 bits per heavy atom. The molecule has 30 heavy (non-hydrogen) atoms. The second-order valence-electron chi connectivity index (χ2n) is 8.60. The summed E-state index contributed by atoms with van der Waals surface area (Å²) in [4.78, 5) is 2.51. The van der Waals surface area contributed by atoms with Crippen LogP contribution in [0.2, 0.25) is 10.0 Å². The standard InChI is InChI=1S/C23H24BrCl2N3O/c1-14(2)28-9-7-23(8-10-28)29-21(17-12-16(24)4-6-22(17)30-23)13-20(27-29)15-3-5-18(25)19(26)11-15/h3-6,11-12,14,21H,7-10,13H2,1-2H3/t21-/m0/s1. The van der Waals surface area contributed by atoms with Crippen molar-refractivity contribution in [2.24, 2.45) is 5.10 Å². The molecular weight excluding hydrogens is 485 g/mol. The number of ether oxygens (including phenoxy) is 1. The van der Waals surface area contributed by atoms with E-state index >= 15 is 0 Å². The van der Waals surface area contributed by atoms with Crippen LogP contribution in [-0.2, 0) is 0 Å². The molecule has 1 fully saturated rings. The summed E-state index contributed by atoms with van der Waals surface area (Å²) < 4.78 is 7.76. The van der Waals surface area contributed by atoms with Gasteiger partial charge in [-0.15, -0.1) is 0 Å². The van der Waals surface area contributed by atoms with Gasteiger partial charge in [0.15, 0.2) is 0 Å². The van der Waals surface area contributed by atoms with Gasteiger partial charge in [-0.1, -0.05) is 45.2 Å². The first-order valence-electron chi connectivity index (χ1n) is 10.4. The Bertz CT molecular complexity index is 1020. The summed E-state index contributed by atoms with van der Waals surface area (Å²) in [5.41, 5.74) is 2.82. The average Bonchev–Trinajstić information content (AvgIpc) is 3.18. The molecule has 0 bridgehead atoms. The van der Waals surface area contributed by atoms with Crippen LogP contribution >= 0.6 is 39.1 Å². The molecule has 1 spiro atoms.